The molecule has 126 valence electrons. The summed E-state index contributed by atoms with van der Waals surface area (Å²) in [6.07, 6.45) is 1.27. The number of nitrogens with one attached hydrogen (secondary N) is 1. The number of hydrogen-bond acceptors (Lipinski definition) is 3. The number of anilines is 1. The SMILES string of the molecule is CC(=O)CCc1ccc(OCC(=O)Nc2cc(C)cc(C)c2)cc1. The Hall–Kier alpha value is -2.62. The molecule has 0 aromatic heterocycles. The normalized spacial score (nSPS) is 10.3. The molecule has 0 atom stereocenters. The molecule has 2 aromatic carbocycles. The summed E-state index contributed by atoms with van der Waals surface area (Å²) in [4.78, 5) is 23.0. The van der Waals surface area contributed by atoms with Crippen LogP contribution in [0.2, 0.25) is 0 Å². The summed E-state index contributed by atoms with van der Waals surface area (Å²) >= 11 is 0. The average Bonchev–Trinajstić information content (AvgIpc) is 2.51. The molecular formula is C20H23NO3. The zero-order chi connectivity index (χ0) is 17.5. The van der Waals surface area contributed by atoms with Gasteiger partial charge in [0.05, 0.1) is 0 Å². The highest BCUT2D eigenvalue weighted by Crippen LogP contribution is 2.15. The third kappa shape index (κ3) is 5.88. The van der Waals surface area contributed by atoms with Gasteiger partial charge < -0.3 is 14.8 Å². The number of amides is 1. The molecule has 4 nitrogen and oxygen atoms in total. The van der Waals surface area contributed by atoms with Crippen molar-refractivity contribution in [2.45, 2.75) is 33.6 Å². The van der Waals surface area contributed by atoms with E-state index in [1.54, 1.807) is 6.92 Å². The Morgan fingerprint density at radius 3 is 2.21 bits per heavy atom. The zero-order valence-corrected chi connectivity index (χ0v) is 14.4. The molecule has 0 fully saturated rings. The second-order valence-corrected chi connectivity index (χ2v) is 6.06. The van der Waals surface area contributed by atoms with Gasteiger partial charge in [-0.25, -0.2) is 0 Å². The minimum absolute atomic E-state index is 0.0419. The Kier molecular flexibility index (Phi) is 6.13. The van der Waals surface area contributed by atoms with Crippen molar-refractivity contribution in [3.05, 3.63) is 59.2 Å². The molecule has 1 amide bonds. The molecule has 0 bridgehead atoms. The van der Waals surface area contributed by atoms with Crippen molar-refractivity contribution in [1.82, 2.24) is 0 Å². The fourth-order valence-electron chi connectivity index (χ4n) is 2.47. The summed E-state index contributed by atoms with van der Waals surface area (Å²) in [5, 5.41) is 2.84. The number of ether oxygens (including phenoxy) is 1. The van der Waals surface area contributed by atoms with Gasteiger partial charge in [0.15, 0.2) is 6.61 Å². The Bertz CT molecular complexity index is 700. The smallest absolute Gasteiger partial charge is 0.262 e. The Balaban J connectivity index is 1.84. The quantitative estimate of drug-likeness (QED) is 0.841. The lowest BCUT2D eigenvalue weighted by Crippen LogP contribution is -2.20. The maximum absolute atomic E-state index is 12.0. The molecule has 4 heteroatoms. The van der Waals surface area contributed by atoms with Gasteiger partial charge in [0.1, 0.15) is 11.5 Å². The molecule has 0 spiro atoms. The van der Waals surface area contributed by atoms with Crippen LogP contribution in [-0.2, 0) is 16.0 Å². The van der Waals surface area contributed by atoms with E-state index in [4.69, 9.17) is 4.74 Å². The molecule has 0 saturated carbocycles. The Labute approximate surface area is 142 Å². The average molecular weight is 325 g/mol. The zero-order valence-electron chi connectivity index (χ0n) is 14.4. The molecule has 0 aliphatic carbocycles. The molecule has 2 aromatic rings. The highest BCUT2D eigenvalue weighted by molar-refractivity contribution is 5.92. The molecule has 1 N–H and O–H groups in total. The monoisotopic (exact) mass is 325 g/mol. The number of hydrogen-bond donors (Lipinski definition) is 1. The van der Waals surface area contributed by atoms with Gasteiger partial charge in [-0.15, -0.1) is 0 Å². The summed E-state index contributed by atoms with van der Waals surface area (Å²) in [5.74, 6) is 0.621. The van der Waals surface area contributed by atoms with Crippen LogP contribution in [0.4, 0.5) is 5.69 Å². The van der Waals surface area contributed by atoms with E-state index in [9.17, 15) is 9.59 Å². The van der Waals surface area contributed by atoms with Crippen LogP contribution in [0, 0.1) is 13.8 Å². The van der Waals surface area contributed by atoms with E-state index in [-0.39, 0.29) is 18.3 Å². The maximum Gasteiger partial charge on any atom is 0.262 e. The summed E-state index contributed by atoms with van der Waals surface area (Å²) in [5.41, 5.74) is 4.07. The van der Waals surface area contributed by atoms with Crippen molar-refractivity contribution < 1.29 is 14.3 Å². The fraction of sp³-hybridized carbons (Fsp3) is 0.300. The molecule has 0 saturated heterocycles. The second-order valence-electron chi connectivity index (χ2n) is 6.06. The summed E-state index contributed by atoms with van der Waals surface area (Å²) in [6, 6.07) is 13.4. The van der Waals surface area contributed by atoms with Gasteiger partial charge in [-0.05, 0) is 68.1 Å². The van der Waals surface area contributed by atoms with Crippen molar-refractivity contribution in [1.29, 1.82) is 0 Å². The van der Waals surface area contributed by atoms with Crippen LogP contribution in [-0.4, -0.2) is 18.3 Å². The van der Waals surface area contributed by atoms with Gasteiger partial charge in [-0.2, -0.15) is 0 Å². The molecule has 0 aliphatic heterocycles. The van der Waals surface area contributed by atoms with Gasteiger partial charge in [0.25, 0.3) is 5.91 Å². The highest BCUT2D eigenvalue weighted by atomic mass is 16.5. The fourth-order valence-corrected chi connectivity index (χ4v) is 2.47. The number of rotatable bonds is 7. The van der Waals surface area contributed by atoms with Gasteiger partial charge in [0, 0.05) is 12.1 Å². The highest BCUT2D eigenvalue weighted by Gasteiger charge is 2.05. The lowest BCUT2D eigenvalue weighted by Gasteiger charge is -2.09. The molecule has 0 unspecified atom stereocenters. The van der Waals surface area contributed by atoms with Crippen LogP contribution in [0.15, 0.2) is 42.5 Å². The van der Waals surface area contributed by atoms with Crippen molar-refractivity contribution in [3.63, 3.8) is 0 Å². The number of Topliss-reactive ketones (excluding diaryl/α,β-unsaturated/α-hetero) is 1. The summed E-state index contributed by atoms with van der Waals surface area (Å²) < 4.78 is 5.50. The first-order valence-electron chi connectivity index (χ1n) is 8.02. The van der Waals surface area contributed by atoms with Crippen LogP contribution >= 0.6 is 0 Å². The molecule has 0 heterocycles. The van der Waals surface area contributed by atoms with E-state index in [2.05, 4.69) is 11.4 Å². The molecule has 24 heavy (non-hydrogen) atoms. The first kappa shape index (κ1) is 17.7. The molecule has 2 rings (SSSR count). The first-order valence-corrected chi connectivity index (χ1v) is 8.02. The van der Waals surface area contributed by atoms with Crippen molar-refractivity contribution >= 4 is 17.4 Å². The van der Waals surface area contributed by atoms with Gasteiger partial charge in [-0.3, -0.25) is 4.79 Å². The lowest BCUT2D eigenvalue weighted by atomic mass is 10.1. The lowest BCUT2D eigenvalue weighted by molar-refractivity contribution is -0.118. The number of benzene rings is 2. The van der Waals surface area contributed by atoms with Crippen molar-refractivity contribution in [3.8, 4) is 5.75 Å². The molecular weight excluding hydrogens is 302 g/mol. The third-order valence-corrected chi connectivity index (χ3v) is 3.56. The van der Waals surface area contributed by atoms with Gasteiger partial charge in [0.2, 0.25) is 0 Å². The van der Waals surface area contributed by atoms with E-state index in [1.807, 2.05) is 50.2 Å². The van der Waals surface area contributed by atoms with Crippen LogP contribution in [0.25, 0.3) is 0 Å². The van der Waals surface area contributed by atoms with Crippen molar-refractivity contribution in [2.24, 2.45) is 0 Å². The predicted octanol–water partition coefficient (Wildman–Crippen LogP) is 3.84. The van der Waals surface area contributed by atoms with E-state index in [1.165, 1.54) is 0 Å². The van der Waals surface area contributed by atoms with Gasteiger partial charge in [-0.1, -0.05) is 18.2 Å². The first-order chi connectivity index (χ1) is 11.4. The number of ketones is 1. The van der Waals surface area contributed by atoms with Crippen LogP contribution in [0.3, 0.4) is 0 Å². The number of carbonyl (C=O) groups is 2. The van der Waals surface area contributed by atoms with E-state index in [0.717, 1.165) is 28.8 Å². The van der Waals surface area contributed by atoms with E-state index < -0.39 is 0 Å². The van der Waals surface area contributed by atoms with E-state index in [0.29, 0.717) is 12.2 Å². The van der Waals surface area contributed by atoms with Crippen LogP contribution in [0.1, 0.15) is 30.0 Å². The number of carbonyl (C=O) groups excluding carboxylic acids is 2. The topological polar surface area (TPSA) is 55.4 Å². The van der Waals surface area contributed by atoms with Crippen molar-refractivity contribution in [2.75, 3.05) is 11.9 Å². The predicted molar refractivity (Wildman–Crippen MR) is 95.5 cm³/mol. The Morgan fingerprint density at radius 2 is 1.62 bits per heavy atom. The molecule has 0 aliphatic rings. The minimum atomic E-state index is -0.194. The maximum atomic E-state index is 12.0. The summed E-state index contributed by atoms with van der Waals surface area (Å²) in [7, 11) is 0. The molecule has 0 radical (unpaired) electrons. The Morgan fingerprint density at radius 1 is 1.00 bits per heavy atom. The van der Waals surface area contributed by atoms with Gasteiger partial charge >= 0.3 is 0 Å². The third-order valence-electron chi connectivity index (χ3n) is 3.56. The van der Waals surface area contributed by atoms with E-state index >= 15 is 0 Å². The number of aryl methyl sites for hydroxylation is 3. The largest absolute Gasteiger partial charge is 0.484 e. The minimum Gasteiger partial charge on any atom is -0.484 e. The standard InChI is InChI=1S/C20H23NO3/c1-14-10-15(2)12-18(11-14)21-20(23)13-24-19-8-6-17(7-9-19)5-4-16(3)22/h6-12H,4-5,13H2,1-3H3,(H,21,23). The van der Waals surface area contributed by atoms with Crippen LogP contribution < -0.4 is 10.1 Å². The second kappa shape index (κ2) is 8.29. The van der Waals surface area contributed by atoms with Crippen LogP contribution in [0.5, 0.6) is 5.75 Å². The summed E-state index contributed by atoms with van der Waals surface area (Å²) in [6.45, 7) is 5.53.